The average Bonchev–Trinajstić information content (AvgIpc) is 3.64. The van der Waals surface area contributed by atoms with Gasteiger partial charge in [-0.25, -0.2) is 4.99 Å². The van der Waals surface area contributed by atoms with Gasteiger partial charge >= 0.3 is 11.8 Å². The third-order valence-corrected chi connectivity index (χ3v) is 11.7. The number of aliphatic hydroxyl groups is 2. The number of allylic oxidation sites excluding steroid dienone is 2. The minimum absolute atomic E-state index is 0.00217. The summed E-state index contributed by atoms with van der Waals surface area (Å²) in [6.45, 7) is 12.5. The number of hydrogen-bond acceptors (Lipinski definition) is 14. The first-order chi connectivity index (χ1) is 26.4. The van der Waals surface area contributed by atoms with Gasteiger partial charge in [0, 0.05) is 74.5 Å². The molecule has 1 amide bonds. The minimum atomic E-state index is -1.94. The maximum absolute atomic E-state index is 14.4. The summed E-state index contributed by atoms with van der Waals surface area (Å²) in [4.78, 5) is 49.7. The lowest BCUT2D eigenvalue weighted by atomic mass is 9.78. The first-order valence-electron chi connectivity index (χ1n) is 19.0. The molecule has 4 aliphatic heterocycles. The summed E-state index contributed by atoms with van der Waals surface area (Å²) < 4.78 is 23.6. The summed E-state index contributed by atoms with van der Waals surface area (Å²) in [5, 5.41) is 52.8. The van der Waals surface area contributed by atoms with Crippen LogP contribution in [0.5, 0.6) is 17.2 Å². The van der Waals surface area contributed by atoms with E-state index < -0.39 is 88.7 Å². The van der Waals surface area contributed by atoms with Crippen LogP contribution in [0.1, 0.15) is 71.7 Å². The molecule has 4 bridgehead atoms. The Morgan fingerprint density at radius 2 is 1.68 bits per heavy atom. The first-order valence-corrected chi connectivity index (χ1v) is 19.0. The molecule has 4 heterocycles. The third-order valence-electron chi connectivity index (χ3n) is 11.7. The third kappa shape index (κ3) is 7.28. The highest BCUT2D eigenvalue weighted by molar-refractivity contribution is 6.21. The number of piperidine rings is 1. The smallest absolute Gasteiger partial charge is 0.312 e. The number of phenols is 2. The number of anilines is 1. The second-order valence-electron chi connectivity index (χ2n) is 15.6. The molecule has 302 valence electrons. The molecule has 56 heavy (non-hydrogen) atoms. The van der Waals surface area contributed by atoms with E-state index in [-0.39, 0.29) is 38.4 Å². The predicted octanol–water partition coefficient (Wildman–Crippen LogP) is 3.07. The van der Waals surface area contributed by atoms with Crippen LogP contribution in [-0.2, 0) is 23.8 Å². The van der Waals surface area contributed by atoms with Gasteiger partial charge in [0.15, 0.2) is 5.75 Å². The van der Waals surface area contributed by atoms with Crippen LogP contribution in [-0.4, -0.2) is 94.2 Å². The van der Waals surface area contributed by atoms with Gasteiger partial charge in [-0.3, -0.25) is 19.4 Å². The van der Waals surface area contributed by atoms with Crippen molar-refractivity contribution in [2.24, 2.45) is 33.7 Å². The Hall–Kier alpha value is -4.83. The lowest BCUT2D eigenvalue weighted by molar-refractivity contribution is -0.160. The first kappa shape index (κ1) is 40.8. The van der Waals surface area contributed by atoms with Gasteiger partial charge in [0.05, 0.1) is 41.2 Å². The lowest BCUT2D eigenvalue weighted by Crippen LogP contribution is -2.46. The average molecular weight is 777 g/mol. The quantitative estimate of drug-likeness (QED) is 0.191. The Morgan fingerprint density at radius 1 is 0.982 bits per heavy atom. The Labute approximate surface area is 324 Å². The van der Waals surface area contributed by atoms with Crippen molar-refractivity contribution in [2.75, 3.05) is 25.5 Å². The molecule has 0 saturated carbocycles. The number of carbonyl (C=O) groups excluding carboxylic acids is 3. The fourth-order valence-corrected chi connectivity index (χ4v) is 8.25. The molecule has 6 N–H and O–H groups in total. The number of esters is 1. The molecule has 9 atom stereocenters. The Morgan fingerprint density at radius 3 is 2.34 bits per heavy atom. The topological polar surface area (TPSA) is 218 Å². The van der Waals surface area contributed by atoms with E-state index in [0.29, 0.717) is 31.6 Å². The number of carbonyl (C=O) groups is 3. The van der Waals surface area contributed by atoms with Crippen molar-refractivity contribution in [1.82, 2.24) is 5.32 Å². The van der Waals surface area contributed by atoms with Crippen LogP contribution in [0.2, 0.25) is 0 Å². The number of ether oxygens (including phenoxy) is 4. The molecule has 2 aromatic rings. The van der Waals surface area contributed by atoms with Crippen molar-refractivity contribution in [2.45, 2.75) is 97.2 Å². The summed E-state index contributed by atoms with van der Waals surface area (Å²) >= 11 is 0. The van der Waals surface area contributed by atoms with Crippen LogP contribution < -0.4 is 26.1 Å². The number of benzene rings is 2. The number of aliphatic hydroxyl groups excluding tert-OH is 2. The second-order valence-corrected chi connectivity index (χ2v) is 15.6. The number of ketones is 1. The molecule has 0 unspecified atom stereocenters. The van der Waals surface area contributed by atoms with Crippen LogP contribution in [0, 0.1) is 23.7 Å². The number of Topliss-reactive ketones (excluding diaryl/α,β-unsaturated/α-hetero) is 1. The highest BCUT2D eigenvalue weighted by Crippen LogP contribution is 2.48. The van der Waals surface area contributed by atoms with Crippen LogP contribution in [0.3, 0.4) is 0 Å². The Bertz CT molecular complexity index is 2140. The van der Waals surface area contributed by atoms with E-state index in [0.717, 1.165) is 0 Å². The molecule has 2 aromatic carbocycles. The zero-order valence-electron chi connectivity index (χ0n) is 33.0. The molecule has 15 heteroatoms. The molecule has 0 aromatic heterocycles. The fraction of sp³-hybridized carbons (Fsp3) is 0.537. The van der Waals surface area contributed by atoms with E-state index in [2.05, 4.69) is 15.6 Å². The normalized spacial score (nSPS) is 33.4. The number of nitrogens with one attached hydrogen (secondary N) is 2. The Kier molecular flexibility index (Phi) is 11.4. The van der Waals surface area contributed by atoms with Gasteiger partial charge in [-0.1, -0.05) is 45.9 Å². The van der Waals surface area contributed by atoms with Crippen molar-refractivity contribution in [3.05, 3.63) is 58.5 Å². The number of methoxy groups -OCH3 is 1. The molecule has 0 radical (unpaired) electrons. The van der Waals surface area contributed by atoms with Crippen molar-refractivity contribution in [3.63, 3.8) is 0 Å². The van der Waals surface area contributed by atoms with Gasteiger partial charge in [0.25, 0.3) is 11.7 Å². The minimum Gasteiger partial charge on any atom is -0.507 e. The van der Waals surface area contributed by atoms with Crippen LogP contribution in [0.25, 0.3) is 10.8 Å². The standard InChI is InChI=1S/C41H52N4O11/c1-19-10-9-11-20(2)39(52)43-33-32-31(44-41(45-32)13-15-42-16-14-41)30-28(36(33)50)25(47)18-27-29(30)38(51)40(7,56-27)54-17-12-26(53-8)21(3)37(55-24(6)46)23(5)35(49)22(4)34(19)48/h9-12,17-19,21-23,26,34-35,37,42,44,47-50H,13-16H2,1-8H3/b10-9-,17-12?,20-11-,43-33?/t19-,21+,22+,23+,26-,34-,35+,37+,40-/m0/s1. The number of phenolic OH excluding ortho intramolecular Hbond substituents is 2. The van der Waals surface area contributed by atoms with Gasteiger partial charge < -0.3 is 50.0 Å². The van der Waals surface area contributed by atoms with Crippen LogP contribution in [0.15, 0.2) is 52.2 Å². The van der Waals surface area contributed by atoms with Crippen molar-refractivity contribution in [3.8, 4) is 17.2 Å². The summed E-state index contributed by atoms with van der Waals surface area (Å²) in [5.74, 6) is -7.14. The fourth-order valence-electron chi connectivity index (χ4n) is 8.25. The summed E-state index contributed by atoms with van der Waals surface area (Å²) in [7, 11) is 1.46. The van der Waals surface area contributed by atoms with Gasteiger partial charge in [-0.2, -0.15) is 0 Å². The van der Waals surface area contributed by atoms with E-state index in [1.54, 1.807) is 46.8 Å². The highest BCUT2D eigenvalue weighted by Gasteiger charge is 2.49. The highest BCUT2D eigenvalue weighted by atomic mass is 16.7. The number of nitrogens with zero attached hydrogens (tertiary/aromatic N) is 2. The maximum atomic E-state index is 14.4. The number of aromatic hydroxyl groups is 2. The molecular weight excluding hydrogens is 724 g/mol. The van der Waals surface area contributed by atoms with E-state index in [1.165, 1.54) is 45.4 Å². The van der Waals surface area contributed by atoms with Crippen molar-refractivity contribution < 1.29 is 53.8 Å². The Balaban J connectivity index is 1.54. The van der Waals surface area contributed by atoms with E-state index in [9.17, 15) is 34.8 Å². The van der Waals surface area contributed by atoms with E-state index in [4.69, 9.17) is 23.9 Å². The lowest BCUT2D eigenvalue weighted by Gasteiger charge is -2.38. The predicted molar refractivity (Wildman–Crippen MR) is 205 cm³/mol. The second kappa shape index (κ2) is 15.6. The zero-order chi connectivity index (χ0) is 40.9. The van der Waals surface area contributed by atoms with Crippen molar-refractivity contribution >= 4 is 34.1 Å². The van der Waals surface area contributed by atoms with Gasteiger partial charge in [0.2, 0.25) is 0 Å². The molecule has 15 nitrogen and oxygen atoms in total. The van der Waals surface area contributed by atoms with E-state index in [1.807, 2.05) is 0 Å². The van der Waals surface area contributed by atoms with E-state index >= 15 is 0 Å². The number of hydrogen-bond donors (Lipinski definition) is 6. The number of fused-ring (bicyclic) bond motifs is 1. The molecular formula is C41H52N4O11. The maximum Gasteiger partial charge on any atom is 0.312 e. The van der Waals surface area contributed by atoms with Gasteiger partial charge in [-0.05, 0) is 26.1 Å². The summed E-state index contributed by atoms with van der Waals surface area (Å²) in [6.07, 6.45) is 4.95. The van der Waals surface area contributed by atoms with Crippen molar-refractivity contribution in [1.29, 1.82) is 0 Å². The molecule has 4 aliphatic rings. The number of rotatable bonds is 2. The molecule has 6 rings (SSSR count). The van der Waals surface area contributed by atoms with Crippen LogP contribution >= 0.6 is 0 Å². The number of amides is 1. The summed E-state index contributed by atoms with van der Waals surface area (Å²) in [6, 6.07) is 1.21. The van der Waals surface area contributed by atoms with Gasteiger partial charge in [-0.15, -0.1) is 0 Å². The molecule has 1 spiro atoms. The molecule has 1 fully saturated rings. The summed E-state index contributed by atoms with van der Waals surface area (Å²) in [5.41, 5.74) is -0.299. The van der Waals surface area contributed by atoms with Gasteiger partial charge in [0.1, 0.15) is 34.0 Å². The molecule has 1 saturated heterocycles. The molecule has 0 aliphatic carbocycles. The SMILES string of the molecule is CO[C@H]1C=CO[C@@]2(C)Oc3cc(O)c4c(O)c(c5c(c4c3C2=O)NC2(CCNCC2)N=5)=NC(=O)/C(C)=C\C=C/[C@H](C)[C@H](O)[C@@H](C)[C@@H](O)[C@@H](C)[C@H](OC(C)=O)[C@@H]1C. The monoisotopic (exact) mass is 776 g/mol. The van der Waals surface area contributed by atoms with Crippen LogP contribution in [0.4, 0.5) is 5.69 Å². The largest absolute Gasteiger partial charge is 0.507 e. The zero-order valence-corrected chi connectivity index (χ0v) is 33.0.